The highest BCUT2D eigenvalue weighted by atomic mass is 32.2. The molecule has 2 unspecified atom stereocenters. The fourth-order valence-electron chi connectivity index (χ4n) is 3.46. The van der Waals surface area contributed by atoms with Crippen molar-refractivity contribution < 1.29 is 17.9 Å². The van der Waals surface area contributed by atoms with E-state index in [0.717, 1.165) is 30.0 Å². The minimum Gasteiger partial charge on any atom is -0.376 e. The monoisotopic (exact) mass is 395 g/mol. The minimum absolute atomic E-state index is 0.0674. The van der Waals surface area contributed by atoms with Gasteiger partial charge in [0.2, 0.25) is 0 Å². The number of nitrogens with zero attached hydrogens (tertiary/aromatic N) is 2. The van der Waals surface area contributed by atoms with Crippen LogP contribution in [0.1, 0.15) is 35.8 Å². The Kier molecular flexibility index (Phi) is 4.85. The molecular weight excluding hydrogens is 374 g/mol. The second-order valence-corrected chi connectivity index (χ2v) is 9.92. The topological polar surface area (TPSA) is 90.3 Å². The van der Waals surface area contributed by atoms with E-state index in [1.807, 2.05) is 17.5 Å². The van der Waals surface area contributed by atoms with Crippen LogP contribution in [0, 0.1) is 0 Å². The smallest absolute Gasteiger partial charge is 0.271 e. The molecule has 1 N–H and O–H groups in total. The number of sulfone groups is 1. The van der Waals surface area contributed by atoms with Crippen LogP contribution in [0.15, 0.2) is 23.6 Å². The standard InChI is InChI=1S/C17H21N3O4S2/c21-17(18-10-13-3-1-6-24-13)14-9-15(16-4-2-7-25-16)20(19-14)12-5-8-26(22,23)11-12/h2,4,7,9,12-13H,1,3,5-6,8,10-11H2,(H,18,21). The van der Waals surface area contributed by atoms with Gasteiger partial charge in [0.05, 0.1) is 34.2 Å². The van der Waals surface area contributed by atoms with Gasteiger partial charge in [0.1, 0.15) is 0 Å². The van der Waals surface area contributed by atoms with Crippen LogP contribution in [0.4, 0.5) is 0 Å². The first-order valence-corrected chi connectivity index (χ1v) is 11.5. The first-order chi connectivity index (χ1) is 12.5. The van der Waals surface area contributed by atoms with Crippen molar-refractivity contribution in [1.29, 1.82) is 0 Å². The number of aromatic nitrogens is 2. The summed E-state index contributed by atoms with van der Waals surface area (Å²) in [6, 6.07) is 5.41. The first-order valence-electron chi connectivity index (χ1n) is 8.75. The number of amides is 1. The van der Waals surface area contributed by atoms with Gasteiger partial charge in [-0.25, -0.2) is 8.42 Å². The molecule has 0 spiro atoms. The van der Waals surface area contributed by atoms with Crippen molar-refractivity contribution in [2.75, 3.05) is 24.7 Å². The lowest BCUT2D eigenvalue weighted by atomic mass is 10.2. The molecular formula is C17H21N3O4S2. The molecule has 140 valence electrons. The summed E-state index contributed by atoms with van der Waals surface area (Å²) < 4.78 is 31.0. The number of carbonyl (C=O) groups excluding carboxylic acids is 1. The molecule has 26 heavy (non-hydrogen) atoms. The van der Waals surface area contributed by atoms with E-state index in [2.05, 4.69) is 10.4 Å². The lowest BCUT2D eigenvalue weighted by Gasteiger charge is -2.12. The number of rotatable bonds is 5. The molecule has 2 aromatic heterocycles. The molecule has 4 rings (SSSR count). The van der Waals surface area contributed by atoms with Crippen molar-refractivity contribution >= 4 is 27.1 Å². The Morgan fingerprint density at radius 2 is 2.31 bits per heavy atom. The normalized spacial score (nSPS) is 24.8. The summed E-state index contributed by atoms with van der Waals surface area (Å²) in [4.78, 5) is 13.5. The highest BCUT2D eigenvalue weighted by Gasteiger charge is 2.32. The fraction of sp³-hybridized carbons (Fsp3) is 0.529. The van der Waals surface area contributed by atoms with Crippen LogP contribution in [-0.2, 0) is 14.6 Å². The molecule has 2 saturated heterocycles. The summed E-state index contributed by atoms with van der Waals surface area (Å²) >= 11 is 1.55. The van der Waals surface area contributed by atoms with Crippen LogP contribution in [0.5, 0.6) is 0 Å². The number of hydrogen-bond donors (Lipinski definition) is 1. The van der Waals surface area contributed by atoms with Gasteiger partial charge in [-0.15, -0.1) is 11.3 Å². The van der Waals surface area contributed by atoms with Crippen molar-refractivity contribution in [3.8, 4) is 10.6 Å². The Bertz CT molecular complexity index is 883. The average molecular weight is 396 g/mol. The summed E-state index contributed by atoms with van der Waals surface area (Å²) in [7, 11) is -3.04. The largest absolute Gasteiger partial charge is 0.376 e. The molecule has 2 aliphatic heterocycles. The van der Waals surface area contributed by atoms with Crippen molar-refractivity contribution in [2.45, 2.75) is 31.4 Å². The van der Waals surface area contributed by atoms with E-state index in [4.69, 9.17) is 4.74 Å². The fourth-order valence-corrected chi connectivity index (χ4v) is 5.89. The van der Waals surface area contributed by atoms with E-state index in [0.29, 0.717) is 18.7 Å². The maximum absolute atomic E-state index is 12.5. The molecule has 2 aromatic rings. The first kappa shape index (κ1) is 17.7. The van der Waals surface area contributed by atoms with E-state index in [9.17, 15) is 13.2 Å². The van der Waals surface area contributed by atoms with Crippen molar-refractivity contribution in [3.05, 3.63) is 29.3 Å². The zero-order valence-electron chi connectivity index (χ0n) is 14.3. The lowest BCUT2D eigenvalue weighted by molar-refractivity contribution is 0.0853. The Labute approximate surface area is 156 Å². The van der Waals surface area contributed by atoms with Gasteiger partial charge in [-0.3, -0.25) is 9.48 Å². The molecule has 0 aliphatic carbocycles. The summed E-state index contributed by atoms with van der Waals surface area (Å²) in [5.74, 6) is -0.00989. The molecule has 7 nitrogen and oxygen atoms in total. The molecule has 0 bridgehead atoms. The van der Waals surface area contributed by atoms with E-state index < -0.39 is 9.84 Å². The van der Waals surface area contributed by atoms with Gasteiger partial charge in [0.15, 0.2) is 15.5 Å². The van der Waals surface area contributed by atoms with Crippen LogP contribution in [0.25, 0.3) is 10.6 Å². The number of ether oxygens (including phenoxy) is 1. The van der Waals surface area contributed by atoms with E-state index >= 15 is 0 Å². The van der Waals surface area contributed by atoms with Crippen LogP contribution in [0.2, 0.25) is 0 Å². The SMILES string of the molecule is O=C(NCC1CCCO1)c1cc(-c2cccs2)n(C2CCS(=O)(=O)C2)n1. The van der Waals surface area contributed by atoms with Crippen LogP contribution in [0.3, 0.4) is 0 Å². The summed E-state index contributed by atoms with van der Waals surface area (Å²) in [5.41, 5.74) is 1.11. The van der Waals surface area contributed by atoms with E-state index in [1.54, 1.807) is 22.1 Å². The van der Waals surface area contributed by atoms with Gasteiger partial charge >= 0.3 is 0 Å². The Morgan fingerprint density at radius 3 is 2.96 bits per heavy atom. The zero-order valence-corrected chi connectivity index (χ0v) is 15.9. The maximum Gasteiger partial charge on any atom is 0.271 e. The molecule has 0 saturated carbocycles. The Morgan fingerprint density at radius 1 is 1.42 bits per heavy atom. The highest BCUT2D eigenvalue weighted by molar-refractivity contribution is 7.91. The summed E-state index contributed by atoms with van der Waals surface area (Å²) in [6.07, 6.45) is 2.57. The van der Waals surface area contributed by atoms with Gasteiger partial charge in [-0.1, -0.05) is 6.07 Å². The van der Waals surface area contributed by atoms with Crippen LogP contribution >= 0.6 is 11.3 Å². The predicted octanol–water partition coefficient (Wildman–Crippen LogP) is 1.88. The van der Waals surface area contributed by atoms with Crippen LogP contribution < -0.4 is 5.32 Å². The number of carbonyl (C=O) groups is 1. The van der Waals surface area contributed by atoms with Gasteiger partial charge in [0, 0.05) is 13.2 Å². The molecule has 2 fully saturated rings. The Hall–Kier alpha value is -1.71. The highest BCUT2D eigenvalue weighted by Crippen LogP contribution is 2.32. The maximum atomic E-state index is 12.5. The van der Waals surface area contributed by atoms with Crippen molar-refractivity contribution in [3.63, 3.8) is 0 Å². The summed E-state index contributed by atoms with van der Waals surface area (Å²) in [5, 5.41) is 9.30. The molecule has 1 amide bonds. The molecule has 9 heteroatoms. The van der Waals surface area contributed by atoms with Crippen LogP contribution in [-0.4, -0.2) is 54.9 Å². The van der Waals surface area contributed by atoms with Gasteiger partial charge < -0.3 is 10.1 Å². The Balaban J connectivity index is 1.57. The second kappa shape index (κ2) is 7.13. The van der Waals surface area contributed by atoms with Crippen molar-refractivity contribution in [2.24, 2.45) is 0 Å². The molecule has 0 aromatic carbocycles. The third-order valence-electron chi connectivity index (χ3n) is 4.81. The zero-order chi connectivity index (χ0) is 18.1. The molecule has 4 heterocycles. The van der Waals surface area contributed by atoms with E-state index in [1.165, 1.54) is 0 Å². The molecule has 0 radical (unpaired) electrons. The average Bonchev–Trinajstić information content (AvgIpc) is 3.37. The van der Waals surface area contributed by atoms with E-state index in [-0.39, 0.29) is 29.6 Å². The van der Waals surface area contributed by atoms with Gasteiger partial charge in [-0.2, -0.15) is 5.10 Å². The lowest BCUT2D eigenvalue weighted by Crippen LogP contribution is -2.32. The quantitative estimate of drug-likeness (QED) is 0.835. The number of nitrogens with one attached hydrogen (secondary N) is 1. The molecule has 2 aliphatic rings. The number of hydrogen-bond acceptors (Lipinski definition) is 6. The van der Waals surface area contributed by atoms with Gasteiger partial charge in [0.25, 0.3) is 5.91 Å². The molecule has 2 atom stereocenters. The van der Waals surface area contributed by atoms with Gasteiger partial charge in [-0.05, 0) is 36.8 Å². The summed E-state index contributed by atoms with van der Waals surface area (Å²) in [6.45, 7) is 1.21. The second-order valence-electron chi connectivity index (χ2n) is 6.74. The van der Waals surface area contributed by atoms with Crippen molar-refractivity contribution in [1.82, 2.24) is 15.1 Å². The predicted molar refractivity (Wildman–Crippen MR) is 99.2 cm³/mol. The third kappa shape index (κ3) is 3.70. The third-order valence-corrected chi connectivity index (χ3v) is 7.45. The minimum atomic E-state index is -3.04. The number of thiophene rings is 1.